The summed E-state index contributed by atoms with van der Waals surface area (Å²) in [5.74, 6) is -0.402. The van der Waals surface area contributed by atoms with E-state index >= 15 is 0 Å². The van der Waals surface area contributed by atoms with Crippen molar-refractivity contribution in [3.05, 3.63) is 29.2 Å². The van der Waals surface area contributed by atoms with Crippen molar-refractivity contribution in [3.8, 4) is 6.07 Å². The van der Waals surface area contributed by atoms with Crippen LogP contribution in [0.15, 0.2) is 12.1 Å². The van der Waals surface area contributed by atoms with Crippen molar-refractivity contribution in [2.45, 2.75) is 6.92 Å². The van der Waals surface area contributed by atoms with Gasteiger partial charge in [0.1, 0.15) is 5.82 Å². The van der Waals surface area contributed by atoms with Crippen molar-refractivity contribution in [1.29, 1.82) is 5.26 Å². The molecule has 64 valence electrons. The molecule has 1 aromatic carbocycles. The summed E-state index contributed by atoms with van der Waals surface area (Å²) in [5, 5.41) is 15.6. The molecule has 1 aromatic heterocycles. The highest BCUT2D eigenvalue weighted by atomic mass is 19.1. The number of rotatable bonds is 0. The predicted octanol–water partition coefficient (Wildman–Crippen LogP) is 1.88. The highest BCUT2D eigenvalue weighted by Crippen LogP contribution is 2.20. The molecule has 0 spiro atoms. The average Bonchev–Trinajstić information content (AvgIpc) is 2.48. The molecule has 4 heteroatoms. The molecule has 3 nitrogen and oxygen atoms in total. The molecule has 0 unspecified atom stereocenters. The smallest absolute Gasteiger partial charge is 0.135 e. The maximum absolute atomic E-state index is 13.3. The van der Waals surface area contributed by atoms with E-state index in [1.165, 1.54) is 6.07 Å². The normalized spacial score (nSPS) is 10.2. The SMILES string of the molecule is Cc1n[nH]c2cc(C#N)cc(F)c12. The molecular weight excluding hydrogens is 169 g/mol. The molecular formula is C9H6FN3. The van der Waals surface area contributed by atoms with Crippen molar-refractivity contribution >= 4 is 10.9 Å². The van der Waals surface area contributed by atoms with E-state index < -0.39 is 5.82 Å². The number of hydrogen-bond donors (Lipinski definition) is 1. The van der Waals surface area contributed by atoms with E-state index in [0.29, 0.717) is 22.2 Å². The zero-order chi connectivity index (χ0) is 9.42. The minimum atomic E-state index is -0.402. The molecule has 0 aliphatic heterocycles. The maximum Gasteiger partial charge on any atom is 0.135 e. The Labute approximate surface area is 73.8 Å². The molecule has 13 heavy (non-hydrogen) atoms. The van der Waals surface area contributed by atoms with E-state index in [1.54, 1.807) is 13.0 Å². The van der Waals surface area contributed by atoms with Gasteiger partial charge in [0.15, 0.2) is 0 Å². The first-order chi connectivity index (χ1) is 6.22. The minimum absolute atomic E-state index is 0.300. The molecule has 2 aromatic rings. The molecule has 0 fully saturated rings. The third kappa shape index (κ3) is 1.05. The Kier molecular flexibility index (Phi) is 1.52. The number of halogens is 1. The van der Waals surface area contributed by atoms with Crippen LogP contribution in [0.25, 0.3) is 10.9 Å². The Morgan fingerprint density at radius 1 is 1.54 bits per heavy atom. The second kappa shape index (κ2) is 2.56. The summed E-state index contributed by atoms with van der Waals surface area (Å²) >= 11 is 0. The van der Waals surface area contributed by atoms with Gasteiger partial charge in [0.05, 0.1) is 28.2 Å². The second-order valence-electron chi connectivity index (χ2n) is 2.80. The summed E-state index contributed by atoms with van der Waals surface area (Å²) in [6.45, 7) is 1.72. The van der Waals surface area contributed by atoms with Gasteiger partial charge in [-0.25, -0.2) is 4.39 Å². The third-order valence-electron chi connectivity index (χ3n) is 1.93. The molecule has 1 N–H and O–H groups in total. The van der Waals surface area contributed by atoms with Crippen LogP contribution in [0.1, 0.15) is 11.3 Å². The number of nitrogens with zero attached hydrogens (tertiary/aromatic N) is 2. The molecule has 2 rings (SSSR count). The van der Waals surface area contributed by atoms with E-state index in [0.717, 1.165) is 0 Å². The first-order valence-electron chi connectivity index (χ1n) is 3.76. The highest BCUT2D eigenvalue weighted by molar-refractivity contribution is 5.83. The van der Waals surface area contributed by atoms with Crippen molar-refractivity contribution in [2.75, 3.05) is 0 Å². The highest BCUT2D eigenvalue weighted by Gasteiger charge is 2.08. The molecule has 0 amide bonds. The van der Waals surface area contributed by atoms with Crippen LogP contribution >= 0.6 is 0 Å². The molecule has 0 saturated carbocycles. The molecule has 0 atom stereocenters. The quantitative estimate of drug-likeness (QED) is 0.664. The van der Waals surface area contributed by atoms with Crippen LogP contribution in [-0.4, -0.2) is 10.2 Å². The Morgan fingerprint density at radius 3 is 3.00 bits per heavy atom. The van der Waals surface area contributed by atoms with Crippen LogP contribution in [0.3, 0.4) is 0 Å². The number of nitrogens with one attached hydrogen (secondary N) is 1. The number of benzene rings is 1. The Morgan fingerprint density at radius 2 is 2.31 bits per heavy atom. The van der Waals surface area contributed by atoms with Gasteiger partial charge in [0.2, 0.25) is 0 Å². The molecule has 0 aliphatic rings. The fraction of sp³-hybridized carbons (Fsp3) is 0.111. The zero-order valence-electron chi connectivity index (χ0n) is 6.93. The largest absolute Gasteiger partial charge is 0.277 e. The lowest BCUT2D eigenvalue weighted by Crippen LogP contribution is -1.81. The topological polar surface area (TPSA) is 52.5 Å². The van der Waals surface area contributed by atoms with E-state index in [4.69, 9.17) is 5.26 Å². The van der Waals surface area contributed by atoms with Crippen molar-refractivity contribution < 1.29 is 4.39 Å². The predicted molar refractivity (Wildman–Crippen MR) is 45.5 cm³/mol. The fourth-order valence-corrected chi connectivity index (χ4v) is 1.33. The third-order valence-corrected chi connectivity index (χ3v) is 1.93. The number of fused-ring (bicyclic) bond motifs is 1. The summed E-state index contributed by atoms with van der Waals surface area (Å²) in [6, 6.07) is 4.68. The first kappa shape index (κ1) is 7.74. The van der Waals surface area contributed by atoms with Crippen LogP contribution in [-0.2, 0) is 0 Å². The average molecular weight is 175 g/mol. The Hall–Kier alpha value is -1.89. The number of aromatic nitrogens is 2. The lowest BCUT2D eigenvalue weighted by molar-refractivity contribution is 0.639. The summed E-state index contributed by atoms with van der Waals surface area (Å²) in [7, 11) is 0. The summed E-state index contributed by atoms with van der Waals surface area (Å²) in [6.07, 6.45) is 0. The molecule has 0 saturated heterocycles. The number of nitriles is 1. The van der Waals surface area contributed by atoms with Gasteiger partial charge in [-0.15, -0.1) is 0 Å². The summed E-state index contributed by atoms with van der Waals surface area (Å²) < 4.78 is 13.3. The van der Waals surface area contributed by atoms with Crippen molar-refractivity contribution in [3.63, 3.8) is 0 Å². The van der Waals surface area contributed by atoms with Crippen LogP contribution in [0.2, 0.25) is 0 Å². The van der Waals surface area contributed by atoms with Gasteiger partial charge in [0.25, 0.3) is 0 Å². The zero-order valence-corrected chi connectivity index (χ0v) is 6.93. The summed E-state index contributed by atoms with van der Waals surface area (Å²) in [5.41, 5.74) is 1.47. The van der Waals surface area contributed by atoms with Crippen LogP contribution < -0.4 is 0 Å². The van der Waals surface area contributed by atoms with Gasteiger partial charge in [-0.05, 0) is 19.1 Å². The van der Waals surface area contributed by atoms with Crippen LogP contribution in [0.5, 0.6) is 0 Å². The lowest BCUT2D eigenvalue weighted by Gasteiger charge is -1.93. The Balaban J connectivity index is 2.89. The number of hydrogen-bond acceptors (Lipinski definition) is 2. The van der Waals surface area contributed by atoms with Gasteiger partial charge >= 0.3 is 0 Å². The van der Waals surface area contributed by atoms with Gasteiger partial charge in [-0.1, -0.05) is 0 Å². The van der Waals surface area contributed by atoms with Gasteiger partial charge in [-0.2, -0.15) is 10.4 Å². The van der Waals surface area contributed by atoms with Crippen LogP contribution in [0.4, 0.5) is 4.39 Å². The molecule has 0 radical (unpaired) electrons. The van der Waals surface area contributed by atoms with E-state index in [2.05, 4.69) is 10.2 Å². The van der Waals surface area contributed by atoms with Crippen LogP contribution in [0, 0.1) is 24.1 Å². The number of aryl methyl sites for hydroxylation is 1. The van der Waals surface area contributed by atoms with Gasteiger partial charge in [-0.3, -0.25) is 5.10 Å². The second-order valence-corrected chi connectivity index (χ2v) is 2.80. The van der Waals surface area contributed by atoms with E-state index in [1.807, 2.05) is 6.07 Å². The van der Waals surface area contributed by atoms with E-state index in [9.17, 15) is 4.39 Å². The van der Waals surface area contributed by atoms with E-state index in [-0.39, 0.29) is 0 Å². The Bertz CT molecular complexity index is 507. The molecule has 0 aliphatic carbocycles. The monoisotopic (exact) mass is 175 g/mol. The summed E-state index contributed by atoms with van der Waals surface area (Å²) in [4.78, 5) is 0. The van der Waals surface area contributed by atoms with Gasteiger partial charge in [0, 0.05) is 0 Å². The first-order valence-corrected chi connectivity index (χ1v) is 3.76. The van der Waals surface area contributed by atoms with Crippen molar-refractivity contribution in [1.82, 2.24) is 10.2 Å². The maximum atomic E-state index is 13.3. The molecule has 1 heterocycles. The molecule has 0 bridgehead atoms. The van der Waals surface area contributed by atoms with Gasteiger partial charge < -0.3 is 0 Å². The number of aromatic amines is 1. The standard InChI is InChI=1S/C9H6FN3/c1-5-9-7(10)2-6(4-11)3-8(9)13-12-5/h2-3H,1H3,(H,12,13). The lowest BCUT2D eigenvalue weighted by atomic mass is 10.1. The fourth-order valence-electron chi connectivity index (χ4n) is 1.33. The minimum Gasteiger partial charge on any atom is -0.277 e. The number of H-pyrrole nitrogens is 1. The van der Waals surface area contributed by atoms with Crippen molar-refractivity contribution in [2.24, 2.45) is 0 Å².